The first-order valence-corrected chi connectivity index (χ1v) is 4.84. The summed E-state index contributed by atoms with van der Waals surface area (Å²) in [5.41, 5.74) is 0.00436. The van der Waals surface area contributed by atoms with Crippen molar-refractivity contribution in [1.29, 1.82) is 0 Å². The number of amides is 1. The molecule has 1 rings (SSSR count). The van der Waals surface area contributed by atoms with Crippen LogP contribution in [0.3, 0.4) is 0 Å². The van der Waals surface area contributed by atoms with Crippen molar-refractivity contribution in [3.05, 3.63) is 35.6 Å². The molecule has 0 aliphatic carbocycles. The molecule has 0 saturated heterocycles. The normalized spacial score (nSPS) is 11.2. The number of benzene rings is 1. The van der Waals surface area contributed by atoms with E-state index in [1.807, 2.05) is 20.8 Å². The average molecular weight is 208 g/mol. The summed E-state index contributed by atoms with van der Waals surface area (Å²) in [6.45, 7) is 5.65. The fourth-order valence-electron chi connectivity index (χ4n) is 1.02. The molecule has 0 aliphatic heterocycles. The zero-order valence-electron chi connectivity index (χ0n) is 9.23. The Balaban J connectivity index is 2.59. The summed E-state index contributed by atoms with van der Waals surface area (Å²) < 4.78 is 13.2. The number of rotatable bonds is 2. The van der Waals surface area contributed by atoms with Gasteiger partial charge in [0.15, 0.2) is 0 Å². The van der Waals surface area contributed by atoms with Gasteiger partial charge in [-0.3, -0.25) is 4.79 Å². The first kappa shape index (κ1) is 11.7. The van der Waals surface area contributed by atoms with Crippen molar-refractivity contribution in [3.63, 3.8) is 0 Å². The highest BCUT2D eigenvalue weighted by molar-refractivity contribution is 5.81. The van der Waals surface area contributed by atoms with Crippen LogP contribution in [0.25, 0.3) is 0 Å². The van der Waals surface area contributed by atoms with E-state index in [0.29, 0.717) is 5.56 Å². The highest BCUT2D eigenvalue weighted by Gasteiger charge is 2.20. The molecule has 0 fully saturated rings. The zero-order valence-corrected chi connectivity index (χ0v) is 9.23. The highest BCUT2D eigenvalue weighted by Crippen LogP contribution is 2.13. The molecule has 0 saturated carbocycles. The standard InChI is InChI=1S/C12H15FNO/c1-12(2,3)11(15)14-8-9-6-4-5-7-10(9)13/h5-7H,8H2,1-3H3,(H,14,15). The predicted molar refractivity (Wildman–Crippen MR) is 56.5 cm³/mol. The van der Waals surface area contributed by atoms with Crippen LogP contribution in [0.15, 0.2) is 18.2 Å². The van der Waals surface area contributed by atoms with Gasteiger partial charge >= 0.3 is 0 Å². The number of carbonyl (C=O) groups is 1. The summed E-state index contributed by atoms with van der Waals surface area (Å²) in [5.74, 6) is -0.409. The molecule has 1 N–H and O–H groups in total. The summed E-state index contributed by atoms with van der Waals surface area (Å²) >= 11 is 0. The van der Waals surface area contributed by atoms with E-state index in [4.69, 9.17) is 0 Å². The van der Waals surface area contributed by atoms with E-state index in [1.165, 1.54) is 18.2 Å². The molecule has 0 bridgehead atoms. The van der Waals surface area contributed by atoms with Gasteiger partial charge in [0, 0.05) is 17.5 Å². The maximum Gasteiger partial charge on any atom is 0.225 e. The second kappa shape index (κ2) is 4.43. The van der Waals surface area contributed by atoms with Gasteiger partial charge < -0.3 is 5.32 Å². The lowest BCUT2D eigenvalue weighted by atomic mass is 9.95. The molecule has 1 amide bonds. The van der Waals surface area contributed by atoms with Crippen molar-refractivity contribution in [2.45, 2.75) is 27.3 Å². The van der Waals surface area contributed by atoms with Crippen LogP contribution in [-0.4, -0.2) is 5.91 Å². The lowest BCUT2D eigenvalue weighted by Crippen LogP contribution is -2.34. The molecular weight excluding hydrogens is 193 g/mol. The molecule has 3 heteroatoms. The summed E-state index contributed by atoms with van der Waals surface area (Å²) in [6, 6.07) is 7.15. The van der Waals surface area contributed by atoms with Crippen molar-refractivity contribution in [2.24, 2.45) is 5.41 Å². The minimum Gasteiger partial charge on any atom is -0.351 e. The van der Waals surface area contributed by atoms with Crippen molar-refractivity contribution in [3.8, 4) is 0 Å². The van der Waals surface area contributed by atoms with Crippen LogP contribution in [0.5, 0.6) is 0 Å². The van der Waals surface area contributed by atoms with Gasteiger partial charge in [-0.25, -0.2) is 4.39 Å². The monoisotopic (exact) mass is 208 g/mol. The van der Waals surface area contributed by atoms with Crippen LogP contribution in [0.4, 0.5) is 4.39 Å². The SMILES string of the molecule is CC(C)(C)C(=O)NCc1c[c]ccc1F. The van der Waals surface area contributed by atoms with Crippen LogP contribution in [-0.2, 0) is 11.3 Å². The number of carbonyl (C=O) groups excluding carboxylic acids is 1. The lowest BCUT2D eigenvalue weighted by Gasteiger charge is -2.17. The maximum absolute atomic E-state index is 13.2. The van der Waals surface area contributed by atoms with Crippen molar-refractivity contribution < 1.29 is 9.18 Å². The molecule has 1 aromatic carbocycles. The summed E-state index contributed by atoms with van der Waals surface area (Å²) in [6.07, 6.45) is 0. The molecule has 0 aliphatic rings. The molecule has 2 nitrogen and oxygen atoms in total. The second-order valence-electron chi connectivity index (χ2n) is 4.45. The van der Waals surface area contributed by atoms with E-state index in [0.717, 1.165) is 0 Å². The molecule has 1 radical (unpaired) electrons. The minimum absolute atomic E-state index is 0.0919. The Labute approximate surface area is 89.5 Å². The number of hydrogen-bond acceptors (Lipinski definition) is 1. The molecule has 0 heterocycles. The van der Waals surface area contributed by atoms with Gasteiger partial charge in [-0.2, -0.15) is 0 Å². The van der Waals surface area contributed by atoms with Crippen LogP contribution < -0.4 is 5.32 Å². The van der Waals surface area contributed by atoms with Crippen LogP contribution >= 0.6 is 0 Å². The molecular formula is C12H15FNO. The van der Waals surface area contributed by atoms with E-state index < -0.39 is 5.41 Å². The maximum atomic E-state index is 13.2. The number of nitrogens with one attached hydrogen (secondary N) is 1. The Kier molecular flexibility index (Phi) is 3.45. The Morgan fingerprint density at radius 3 is 2.73 bits per heavy atom. The lowest BCUT2D eigenvalue weighted by molar-refractivity contribution is -0.128. The number of halogens is 1. The summed E-state index contributed by atoms with van der Waals surface area (Å²) in [7, 11) is 0. The van der Waals surface area contributed by atoms with E-state index in [1.54, 1.807) is 0 Å². The van der Waals surface area contributed by atoms with Gasteiger partial charge in [0.1, 0.15) is 5.82 Å². The van der Waals surface area contributed by atoms with Gasteiger partial charge in [-0.15, -0.1) is 0 Å². The average Bonchev–Trinajstić information content (AvgIpc) is 2.14. The Bertz CT molecular complexity index is 355. The second-order valence-corrected chi connectivity index (χ2v) is 4.45. The third-order valence-electron chi connectivity index (χ3n) is 2.01. The third-order valence-corrected chi connectivity index (χ3v) is 2.01. The quantitative estimate of drug-likeness (QED) is 0.793. The van der Waals surface area contributed by atoms with Gasteiger partial charge in [0.25, 0.3) is 0 Å². The van der Waals surface area contributed by atoms with Gasteiger partial charge in [0.05, 0.1) is 0 Å². The molecule has 0 atom stereocenters. The fraction of sp³-hybridized carbons (Fsp3) is 0.417. The van der Waals surface area contributed by atoms with E-state index in [2.05, 4.69) is 11.4 Å². The Morgan fingerprint density at radius 1 is 1.53 bits per heavy atom. The Morgan fingerprint density at radius 2 is 2.20 bits per heavy atom. The topological polar surface area (TPSA) is 29.1 Å². The van der Waals surface area contributed by atoms with Gasteiger partial charge in [-0.05, 0) is 18.2 Å². The molecule has 0 unspecified atom stereocenters. The third kappa shape index (κ3) is 3.35. The van der Waals surface area contributed by atoms with Gasteiger partial charge in [-0.1, -0.05) is 26.8 Å². The zero-order chi connectivity index (χ0) is 11.5. The summed E-state index contributed by atoms with van der Waals surface area (Å²) in [5, 5.41) is 2.68. The Hall–Kier alpha value is -1.38. The smallest absolute Gasteiger partial charge is 0.225 e. The highest BCUT2D eigenvalue weighted by atomic mass is 19.1. The van der Waals surface area contributed by atoms with Gasteiger partial charge in [0.2, 0.25) is 5.91 Å². The fourth-order valence-corrected chi connectivity index (χ4v) is 1.02. The van der Waals surface area contributed by atoms with E-state index in [9.17, 15) is 9.18 Å². The van der Waals surface area contributed by atoms with Crippen LogP contribution in [0.2, 0.25) is 0 Å². The van der Waals surface area contributed by atoms with E-state index in [-0.39, 0.29) is 18.3 Å². The molecule has 0 aromatic heterocycles. The molecule has 0 spiro atoms. The van der Waals surface area contributed by atoms with Crippen molar-refractivity contribution >= 4 is 5.91 Å². The molecule has 81 valence electrons. The largest absolute Gasteiger partial charge is 0.351 e. The minimum atomic E-state index is -0.449. The molecule has 1 aromatic rings. The summed E-state index contributed by atoms with van der Waals surface area (Å²) in [4.78, 5) is 11.5. The van der Waals surface area contributed by atoms with E-state index >= 15 is 0 Å². The number of hydrogen-bond donors (Lipinski definition) is 1. The van der Waals surface area contributed by atoms with Crippen LogP contribution in [0.1, 0.15) is 26.3 Å². The first-order chi connectivity index (χ1) is 6.91. The first-order valence-electron chi connectivity index (χ1n) is 4.84. The van der Waals surface area contributed by atoms with Crippen molar-refractivity contribution in [1.82, 2.24) is 5.32 Å². The molecule has 15 heavy (non-hydrogen) atoms. The predicted octanol–water partition coefficient (Wildman–Crippen LogP) is 2.29. The van der Waals surface area contributed by atoms with Crippen LogP contribution in [0, 0.1) is 17.3 Å². The van der Waals surface area contributed by atoms with Crippen molar-refractivity contribution in [2.75, 3.05) is 0 Å².